The van der Waals surface area contributed by atoms with E-state index in [9.17, 15) is 0 Å². The van der Waals surface area contributed by atoms with Crippen LogP contribution in [0.25, 0.3) is 0 Å². The van der Waals surface area contributed by atoms with Crippen molar-refractivity contribution in [1.29, 1.82) is 0 Å². The summed E-state index contributed by atoms with van der Waals surface area (Å²) >= 11 is 0. The van der Waals surface area contributed by atoms with Gasteiger partial charge in [-0.25, -0.2) is 0 Å². The quantitative estimate of drug-likeness (QED) is 0.492. The maximum atomic E-state index is 4.53. The molecule has 1 heterocycles. The highest BCUT2D eigenvalue weighted by molar-refractivity contribution is 5.17. The van der Waals surface area contributed by atoms with Crippen molar-refractivity contribution in [2.45, 2.75) is 58.4 Å². The van der Waals surface area contributed by atoms with Crippen molar-refractivity contribution in [3.05, 3.63) is 42.2 Å². The number of aryl methyl sites for hydroxylation is 1. The lowest BCUT2D eigenvalue weighted by atomic mass is 10.0. The molecular formula is C17H28N2. The molecule has 106 valence electrons. The van der Waals surface area contributed by atoms with Crippen LogP contribution in [-0.4, -0.2) is 11.5 Å². The molecule has 0 radical (unpaired) electrons. The maximum Gasteiger partial charge on any atom is 0.0575 e. The molecule has 1 N–H and O–H groups in total. The van der Waals surface area contributed by atoms with Crippen LogP contribution >= 0.6 is 0 Å². The number of rotatable bonds is 10. The van der Waals surface area contributed by atoms with Gasteiger partial charge in [0, 0.05) is 12.2 Å². The molecule has 1 aromatic rings. The van der Waals surface area contributed by atoms with E-state index in [-0.39, 0.29) is 0 Å². The summed E-state index contributed by atoms with van der Waals surface area (Å²) in [5.74, 6) is 0. The molecule has 0 spiro atoms. The number of nitrogens with one attached hydrogen (secondary N) is 1. The number of hydrogen-bond donors (Lipinski definition) is 1. The number of allylic oxidation sites excluding steroid dienone is 1. The molecule has 19 heavy (non-hydrogen) atoms. The Kier molecular flexibility index (Phi) is 8.15. The Bertz CT molecular complexity index is 360. The smallest absolute Gasteiger partial charge is 0.0575 e. The first-order chi connectivity index (χ1) is 9.27. The van der Waals surface area contributed by atoms with Gasteiger partial charge in [0.05, 0.1) is 5.69 Å². The van der Waals surface area contributed by atoms with E-state index >= 15 is 0 Å². The zero-order valence-electron chi connectivity index (χ0n) is 12.5. The van der Waals surface area contributed by atoms with Gasteiger partial charge in [0.15, 0.2) is 0 Å². The van der Waals surface area contributed by atoms with Gasteiger partial charge < -0.3 is 5.32 Å². The molecule has 1 unspecified atom stereocenters. The fraction of sp³-hybridized carbons (Fsp3) is 0.588. The molecule has 0 saturated carbocycles. The van der Waals surface area contributed by atoms with E-state index in [4.69, 9.17) is 0 Å². The number of nitrogens with zero attached hydrogens (tertiary/aromatic N) is 1. The molecule has 0 saturated heterocycles. The third-order valence-electron chi connectivity index (χ3n) is 3.34. The first-order valence-corrected chi connectivity index (χ1v) is 7.54. The van der Waals surface area contributed by atoms with Crippen LogP contribution < -0.4 is 5.32 Å². The molecule has 2 nitrogen and oxygen atoms in total. The summed E-state index contributed by atoms with van der Waals surface area (Å²) in [7, 11) is 0. The third kappa shape index (κ3) is 6.53. The summed E-state index contributed by atoms with van der Waals surface area (Å²) in [4.78, 5) is 4.53. The van der Waals surface area contributed by atoms with Gasteiger partial charge in [0.25, 0.3) is 0 Å². The summed E-state index contributed by atoms with van der Waals surface area (Å²) < 4.78 is 0. The number of aromatic nitrogens is 1. The largest absolute Gasteiger partial charge is 0.309 e. The highest BCUT2D eigenvalue weighted by Crippen LogP contribution is 2.19. The second-order valence-corrected chi connectivity index (χ2v) is 5.19. The molecule has 1 atom stereocenters. The first-order valence-electron chi connectivity index (χ1n) is 7.54. The van der Waals surface area contributed by atoms with Gasteiger partial charge in [-0.3, -0.25) is 4.98 Å². The minimum atomic E-state index is 0.406. The Morgan fingerprint density at radius 3 is 2.89 bits per heavy atom. The fourth-order valence-electron chi connectivity index (χ4n) is 2.24. The second kappa shape index (κ2) is 9.74. The molecule has 1 rings (SSSR count). The molecule has 0 bridgehead atoms. The van der Waals surface area contributed by atoms with Gasteiger partial charge >= 0.3 is 0 Å². The standard InChI is InChI=1S/C17H28N2/c1-4-6-7-8-9-10-16(18-12-5-2)17-14-15(3)11-13-19-17/h4,11,13-14,16,18H,1,5-10,12H2,2-3H3. The fourth-order valence-corrected chi connectivity index (χ4v) is 2.24. The second-order valence-electron chi connectivity index (χ2n) is 5.19. The Balaban J connectivity index is 2.49. The van der Waals surface area contributed by atoms with E-state index in [0.717, 1.165) is 13.0 Å². The molecule has 0 amide bonds. The average Bonchev–Trinajstić information content (AvgIpc) is 2.42. The van der Waals surface area contributed by atoms with Gasteiger partial charge in [-0.05, 0) is 56.8 Å². The van der Waals surface area contributed by atoms with Crippen molar-refractivity contribution in [1.82, 2.24) is 10.3 Å². The highest BCUT2D eigenvalue weighted by atomic mass is 14.9. The summed E-state index contributed by atoms with van der Waals surface area (Å²) in [5, 5.41) is 3.62. The molecule has 1 aromatic heterocycles. The molecule has 0 aliphatic carbocycles. The molecule has 0 aromatic carbocycles. The summed E-state index contributed by atoms with van der Waals surface area (Å²) in [6, 6.07) is 4.67. The monoisotopic (exact) mass is 260 g/mol. The van der Waals surface area contributed by atoms with Crippen molar-refractivity contribution in [2.24, 2.45) is 0 Å². The van der Waals surface area contributed by atoms with E-state index in [2.05, 4.69) is 42.9 Å². The van der Waals surface area contributed by atoms with Crippen LogP contribution in [0.2, 0.25) is 0 Å². The van der Waals surface area contributed by atoms with Crippen LogP contribution in [0.4, 0.5) is 0 Å². The van der Waals surface area contributed by atoms with Crippen molar-refractivity contribution in [3.63, 3.8) is 0 Å². The zero-order chi connectivity index (χ0) is 13.9. The third-order valence-corrected chi connectivity index (χ3v) is 3.34. The molecule has 0 aliphatic rings. The first kappa shape index (κ1) is 15.9. The number of pyridine rings is 1. The van der Waals surface area contributed by atoms with Crippen LogP contribution in [0.15, 0.2) is 31.0 Å². The predicted octanol–water partition coefficient (Wildman–Crippen LogP) is 4.57. The lowest BCUT2D eigenvalue weighted by Gasteiger charge is -2.18. The lowest BCUT2D eigenvalue weighted by molar-refractivity contribution is 0.463. The minimum Gasteiger partial charge on any atom is -0.309 e. The average molecular weight is 260 g/mol. The summed E-state index contributed by atoms with van der Waals surface area (Å²) in [5.41, 5.74) is 2.48. The van der Waals surface area contributed by atoms with Crippen LogP contribution in [-0.2, 0) is 0 Å². The van der Waals surface area contributed by atoms with E-state index < -0.39 is 0 Å². The Morgan fingerprint density at radius 2 is 2.21 bits per heavy atom. The zero-order valence-corrected chi connectivity index (χ0v) is 12.5. The van der Waals surface area contributed by atoms with Crippen LogP contribution in [0.3, 0.4) is 0 Å². The van der Waals surface area contributed by atoms with E-state index in [1.54, 1.807) is 0 Å². The van der Waals surface area contributed by atoms with E-state index in [1.165, 1.54) is 43.4 Å². The number of hydrogen-bond acceptors (Lipinski definition) is 2. The van der Waals surface area contributed by atoms with Crippen molar-refractivity contribution in [2.75, 3.05) is 6.54 Å². The van der Waals surface area contributed by atoms with Crippen LogP contribution in [0.1, 0.15) is 62.7 Å². The van der Waals surface area contributed by atoms with Crippen LogP contribution in [0, 0.1) is 6.92 Å². The topological polar surface area (TPSA) is 24.9 Å². The Morgan fingerprint density at radius 1 is 1.37 bits per heavy atom. The van der Waals surface area contributed by atoms with E-state index in [0.29, 0.717) is 6.04 Å². The lowest BCUT2D eigenvalue weighted by Crippen LogP contribution is -2.23. The molecular weight excluding hydrogens is 232 g/mol. The molecule has 0 aliphatic heterocycles. The maximum absolute atomic E-state index is 4.53. The van der Waals surface area contributed by atoms with E-state index in [1.807, 2.05) is 12.3 Å². The molecule has 2 heteroatoms. The highest BCUT2D eigenvalue weighted by Gasteiger charge is 2.11. The number of unbranched alkanes of at least 4 members (excludes halogenated alkanes) is 3. The van der Waals surface area contributed by atoms with Gasteiger partial charge in [-0.15, -0.1) is 6.58 Å². The summed E-state index contributed by atoms with van der Waals surface area (Å²) in [6.45, 7) is 9.17. The Hall–Kier alpha value is -1.15. The normalized spacial score (nSPS) is 12.3. The van der Waals surface area contributed by atoms with Crippen molar-refractivity contribution in [3.8, 4) is 0 Å². The van der Waals surface area contributed by atoms with Gasteiger partial charge in [-0.1, -0.05) is 25.8 Å². The van der Waals surface area contributed by atoms with Crippen molar-refractivity contribution < 1.29 is 0 Å². The van der Waals surface area contributed by atoms with Crippen LogP contribution in [0.5, 0.6) is 0 Å². The minimum absolute atomic E-state index is 0.406. The van der Waals surface area contributed by atoms with Crippen molar-refractivity contribution >= 4 is 0 Å². The predicted molar refractivity (Wildman–Crippen MR) is 83.3 cm³/mol. The van der Waals surface area contributed by atoms with Gasteiger partial charge in [-0.2, -0.15) is 0 Å². The Labute approximate surface area is 118 Å². The van der Waals surface area contributed by atoms with Gasteiger partial charge in [0.2, 0.25) is 0 Å². The van der Waals surface area contributed by atoms with Gasteiger partial charge in [0.1, 0.15) is 0 Å². The SMILES string of the molecule is C=CCCCCCC(NCCC)c1cc(C)ccn1. The summed E-state index contributed by atoms with van der Waals surface area (Å²) in [6.07, 6.45) is 11.2. The molecule has 0 fully saturated rings.